The molecule has 0 spiro atoms. The van der Waals surface area contributed by atoms with Gasteiger partial charge in [-0.15, -0.1) is 0 Å². The number of para-hydroxylation sites is 2. The monoisotopic (exact) mass is 372 g/mol. The lowest BCUT2D eigenvalue weighted by atomic mass is 10.1. The van der Waals surface area contributed by atoms with Crippen molar-refractivity contribution in [2.24, 2.45) is 0 Å². The molecule has 0 unspecified atom stereocenters. The minimum Gasteiger partial charge on any atom is -0.424 e. The van der Waals surface area contributed by atoms with Crippen molar-refractivity contribution in [2.75, 3.05) is 9.96 Å². The highest BCUT2D eigenvalue weighted by atomic mass is 28.4. The molecule has 25 heavy (non-hydrogen) atoms. The van der Waals surface area contributed by atoms with Crippen molar-refractivity contribution in [3.63, 3.8) is 0 Å². The molecule has 2 N–H and O–H groups in total. The second-order valence-electron chi connectivity index (χ2n) is 7.91. The minimum atomic E-state index is -2.08. The smallest absolute Gasteiger partial charge is 0.282 e. The van der Waals surface area contributed by atoms with Crippen molar-refractivity contribution in [3.8, 4) is 0 Å². The van der Waals surface area contributed by atoms with Crippen LogP contribution in [0.15, 0.2) is 36.4 Å². The highest BCUT2D eigenvalue weighted by Crippen LogP contribution is 2.27. The number of aryl methyl sites for hydroxylation is 4. The van der Waals surface area contributed by atoms with Gasteiger partial charge in [0.15, 0.2) is 0 Å². The maximum absolute atomic E-state index is 6.71. The largest absolute Gasteiger partial charge is 0.424 e. The van der Waals surface area contributed by atoms with E-state index in [4.69, 9.17) is 4.12 Å². The van der Waals surface area contributed by atoms with Crippen LogP contribution >= 0.6 is 0 Å². The Labute approximate surface area is 155 Å². The Kier molecular flexibility index (Phi) is 5.81. The molecule has 0 saturated heterocycles. The Morgan fingerprint density at radius 2 is 0.880 bits per heavy atom. The van der Waals surface area contributed by atoms with E-state index in [1.807, 2.05) is 0 Å². The third-order valence-corrected chi connectivity index (χ3v) is 10.1. The normalized spacial score (nSPS) is 12.2. The highest BCUT2D eigenvalue weighted by Gasteiger charge is 2.35. The van der Waals surface area contributed by atoms with Crippen LogP contribution in [0.4, 0.5) is 11.4 Å². The van der Waals surface area contributed by atoms with Crippen molar-refractivity contribution < 1.29 is 4.12 Å². The quantitative estimate of drug-likeness (QED) is 0.623. The van der Waals surface area contributed by atoms with Gasteiger partial charge >= 0.3 is 0 Å². The predicted molar refractivity (Wildman–Crippen MR) is 115 cm³/mol. The maximum atomic E-state index is 6.71. The molecule has 0 radical (unpaired) electrons. The summed E-state index contributed by atoms with van der Waals surface area (Å²) < 4.78 is 6.71. The fourth-order valence-electron chi connectivity index (χ4n) is 3.31. The number of rotatable bonds is 6. The SMILES string of the molecule is Cc1cccc(C)c1N[Si](C)(C)O[Si](C)(C)Nc1c(C)cccc1C. The molecule has 0 amide bonds. The zero-order valence-corrected chi connectivity index (χ0v) is 18.9. The zero-order valence-electron chi connectivity index (χ0n) is 16.9. The molecule has 0 aliphatic rings. The lowest BCUT2D eigenvalue weighted by molar-refractivity contribution is 0.558. The van der Waals surface area contributed by atoms with Crippen molar-refractivity contribution >= 4 is 28.3 Å². The average Bonchev–Trinajstić information content (AvgIpc) is 2.46. The Morgan fingerprint density at radius 3 is 1.16 bits per heavy atom. The van der Waals surface area contributed by atoms with E-state index in [0.717, 1.165) is 0 Å². The van der Waals surface area contributed by atoms with Gasteiger partial charge in [-0.1, -0.05) is 36.4 Å². The molecule has 5 heteroatoms. The summed E-state index contributed by atoms with van der Waals surface area (Å²) in [5.41, 5.74) is 7.52. The first kappa shape index (κ1) is 19.8. The van der Waals surface area contributed by atoms with Crippen LogP contribution in [-0.4, -0.2) is 17.0 Å². The second kappa shape index (κ2) is 7.35. The zero-order chi connectivity index (χ0) is 18.8. The fraction of sp³-hybridized carbons (Fsp3) is 0.400. The number of benzene rings is 2. The minimum absolute atomic E-state index is 1.22. The predicted octanol–water partition coefficient (Wildman–Crippen LogP) is 5.86. The van der Waals surface area contributed by atoms with Crippen LogP contribution in [-0.2, 0) is 4.12 Å². The number of hydrogen-bond donors (Lipinski definition) is 2. The third kappa shape index (κ3) is 5.20. The van der Waals surface area contributed by atoms with E-state index in [1.165, 1.54) is 33.6 Å². The molecule has 2 aromatic rings. The summed E-state index contributed by atoms with van der Waals surface area (Å²) in [7, 11) is -4.16. The van der Waals surface area contributed by atoms with Gasteiger partial charge in [-0.25, -0.2) is 0 Å². The number of nitrogens with one attached hydrogen (secondary N) is 2. The molecule has 0 atom stereocenters. The summed E-state index contributed by atoms with van der Waals surface area (Å²) in [4.78, 5) is 7.47. The van der Waals surface area contributed by atoms with E-state index in [9.17, 15) is 0 Å². The van der Waals surface area contributed by atoms with Gasteiger partial charge in [0.2, 0.25) is 0 Å². The molecule has 2 rings (SSSR count). The molecule has 0 heterocycles. The first-order chi connectivity index (χ1) is 11.5. The molecule has 136 valence electrons. The van der Waals surface area contributed by atoms with Crippen molar-refractivity contribution in [3.05, 3.63) is 58.7 Å². The van der Waals surface area contributed by atoms with E-state index in [1.54, 1.807) is 0 Å². The van der Waals surface area contributed by atoms with Crippen LogP contribution in [0.2, 0.25) is 26.2 Å². The van der Waals surface area contributed by atoms with Crippen molar-refractivity contribution in [1.29, 1.82) is 0 Å². The van der Waals surface area contributed by atoms with Gasteiger partial charge in [-0.05, 0) is 76.1 Å². The third-order valence-electron chi connectivity index (χ3n) is 4.32. The van der Waals surface area contributed by atoms with Crippen molar-refractivity contribution in [1.82, 2.24) is 0 Å². The summed E-state index contributed by atoms with van der Waals surface area (Å²) in [5, 5.41) is 0. The number of anilines is 2. The summed E-state index contributed by atoms with van der Waals surface area (Å²) >= 11 is 0. The number of hydrogen-bond acceptors (Lipinski definition) is 3. The van der Waals surface area contributed by atoms with Gasteiger partial charge in [0, 0.05) is 11.4 Å². The molecule has 0 aliphatic heterocycles. The van der Waals surface area contributed by atoms with Crippen LogP contribution in [0.25, 0.3) is 0 Å². The molecule has 3 nitrogen and oxygen atoms in total. The molecule has 2 aromatic carbocycles. The van der Waals surface area contributed by atoms with Gasteiger partial charge < -0.3 is 14.1 Å². The molecule has 0 bridgehead atoms. The second-order valence-corrected chi connectivity index (χ2v) is 15.3. The first-order valence-corrected chi connectivity index (χ1v) is 14.7. The summed E-state index contributed by atoms with van der Waals surface area (Å²) in [6, 6.07) is 12.8. The van der Waals surface area contributed by atoms with Gasteiger partial charge in [-0.3, -0.25) is 0 Å². The molecule has 0 fully saturated rings. The van der Waals surface area contributed by atoms with Crippen LogP contribution in [0.5, 0.6) is 0 Å². The standard InChI is InChI=1S/C20H32N2OSi2/c1-15-11-9-12-16(2)19(15)21-24(5,6)23-25(7,8)22-20-17(3)13-10-14-18(20)4/h9-14,21-22H,1-8H3. The molecule has 0 saturated carbocycles. The Morgan fingerprint density at radius 1 is 0.600 bits per heavy atom. The van der Waals surface area contributed by atoms with Gasteiger partial charge in [0.05, 0.1) is 0 Å². The average molecular weight is 373 g/mol. The molecular formula is C20H32N2OSi2. The highest BCUT2D eigenvalue weighted by molar-refractivity contribution is 6.87. The van der Waals surface area contributed by atoms with Gasteiger partial charge in [-0.2, -0.15) is 0 Å². The lowest BCUT2D eigenvalue weighted by Crippen LogP contribution is -2.54. The molecular weight excluding hydrogens is 340 g/mol. The van der Waals surface area contributed by atoms with Crippen LogP contribution in [0.3, 0.4) is 0 Å². The summed E-state index contributed by atoms with van der Waals surface area (Å²) in [6.07, 6.45) is 0. The topological polar surface area (TPSA) is 33.3 Å². The van der Waals surface area contributed by atoms with Crippen LogP contribution in [0, 0.1) is 27.7 Å². The van der Waals surface area contributed by atoms with Gasteiger partial charge in [0.25, 0.3) is 17.0 Å². The van der Waals surface area contributed by atoms with Gasteiger partial charge in [0.1, 0.15) is 0 Å². The van der Waals surface area contributed by atoms with E-state index in [-0.39, 0.29) is 0 Å². The van der Waals surface area contributed by atoms with Crippen LogP contribution < -0.4 is 9.96 Å². The fourth-order valence-corrected chi connectivity index (χ4v) is 10.8. The Balaban J connectivity index is 2.18. The van der Waals surface area contributed by atoms with Crippen molar-refractivity contribution in [2.45, 2.75) is 53.9 Å². The molecule has 0 aliphatic carbocycles. The lowest BCUT2D eigenvalue weighted by Gasteiger charge is -2.36. The summed E-state index contributed by atoms with van der Waals surface area (Å²) in [5.74, 6) is 0. The van der Waals surface area contributed by atoms with Crippen LogP contribution in [0.1, 0.15) is 22.3 Å². The summed E-state index contributed by atoms with van der Waals surface area (Å²) in [6.45, 7) is 17.5. The molecule has 0 aromatic heterocycles. The van der Waals surface area contributed by atoms with E-state index < -0.39 is 17.0 Å². The van der Waals surface area contributed by atoms with E-state index in [0.29, 0.717) is 0 Å². The Hall–Kier alpha value is -1.57. The first-order valence-electron chi connectivity index (χ1n) is 8.90. The Bertz CT molecular complexity index is 653. The van der Waals surface area contributed by atoms with E-state index >= 15 is 0 Å². The maximum Gasteiger partial charge on any atom is 0.282 e. The van der Waals surface area contributed by atoms with E-state index in [2.05, 4.69) is 100 Å².